The molecule has 2 amide bonds. The fourth-order valence-corrected chi connectivity index (χ4v) is 1.74. The van der Waals surface area contributed by atoms with Gasteiger partial charge < -0.3 is 4.74 Å². The van der Waals surface area contributed by atoms with Gasteiger partial charge in [0.05, 0.1) is 7.11 Å². The number of amides is 2. The van der Waals surface area contributed by atoms with Gasteiger partial charge in [0.15, 0.2) is 0 Å². The second kappa shape index (κ2) is 4.72. The number of aryl methyl sites for hydroxylation is 1. The van der Waals surface area contributed by atoms with E-state index in [2.05, 4.69) is 10.4 Å². The van der Waals surface area contributed by atoms with Crippen LogP contribution in [0, 0.1) is 6.92 Å². The smallest absolute Gasteiger partial charge is 0.275 e. The third kappa shape index (κ3) is 2.16. The van der Waals surface area contributed by atoms with Gasteiger partial charge in [0.2, 0.25) is 5.88 Å². The molecule has 6 heteroatoms. The molecule has 0 fully saturated rings. The van der Waals surface area contributed by atoms with Crippen LogP contribution < -0.4 is 10.2 Å². The summed E-state index contributed by atoms with van der Waals surface area (Å²) >= 11 is 0. The number of hydrogen-bond donors (Lipinski definition) is 1. The van der Waals surface area contributed by atoms with E-state index in [-0.39, 0.29) is 11.8 Å². The number of hydrazine groups is 1. The summed E-state index contributed by atoms with van der Waals surface area (Å²) in [7, 11) is 1.52. The fraction of sp³-hybridized carbons (Fsp3) is 0.308. The minimum Gasteiger partial charge on any atom is -0.481 e. The number of pyridine rings is 1. The van der Waals surface area contributed by atoms with E-state index in [1.165, 1.54) is 7.11 Å². The maximum Gasteiger partial charge on any atom is 0.275 e. The van der Waals surface area contributed by atoms with Crippen molar-refractivity contribution in [1.82, 2.24) is 9.99 Å². The number of rotatable bonds is 3. The molecule has 0 aromatic carbocycles. The third-order valence-electron chi connectivity index (χ3n) is 3.08. The van der Waals surface area contributed by atoms with Crippen LogP contribution in [0.5, 0.6) is 5.88 Å². The van der Waals surface area contributed by atoms with Gasteiger partial charge in [-0.15, -0.1) is 0 Å². The van der Waals surface area contributed by atoms with Crippen LogP contribution in [0.3, 0.4) is 0 Å². The number of aromatic nitrogens is 1. The zero-order valence-electron chi connectivity index (χ0n) is 11.3. The topological polar surface area (TPSA) is 71.5 Å². The van der Waals surface area contributed by atoms with Crippen molar-refractivity contribution in [3.63, 3.8) is 0 Å². The van der Waals surface area contributed by atoms with Crippen LogP contribution in [-0.2, 0) is 9.59 Å². The SMILES string of the molecule is COc1nc(NN2C(=O)C(C)=C(C)C2=O)ccc1C. The summed E-state index contributed by atoms with van der Waals surface area (Å²) in [4.78, 5) is 27.9. The third-order valence-corrected chi connectivity index (χ3v) is 3.08. The first-order valence-corrected chi connectivity index (χ1v) is 5.80. The summed E-state index contributed by atoms with van der Waals surface area (Å²) in [5, 5.41) is 0.960. The number of nitrogens with zero attached hydrogens (tertiary/aromatic N) is 2. The number of ether oxygens (including phenoxy) is 1. The number of carbonyl (C=O) groups is 2. The standard InChI is InChI=1S/C13H15N3O3/c1-7-5-6-10(14-11(7)19-4)15-16-12(17)8(2)9(3)13(16)18/h5-6H,1-4H3,(H,14,15). The van der Waals surface area contributed by atoms with Crippen molar-refractivity contribution in [3.05, 3.63) is 28.8 Å². The van der Waals surface area contributed by atoms with E-state index in [9.17, 15) is 9.59 Å². The second-order valence-electron chi connectivity index (χ2n) is 4.33. The van der Waals surface area contributed by atoms with Crippen LogP contribution in [0.15, 0.2) is 23.3 Å². The zero-order valence-corrected chi connectivity index (χ0v) is 11.3. The van der Waals surface area contributed by atoms with Gasteiger partial charge in [0.1, 0.15) is 5.82 Å². The summed E-state index contributed by atoms with van der Waals surface area (Å²) in [5.74, 6) is 0.116. The molecule has 19 heavy (non-hydrogen) atoms. The number of carbonyl (C=O) groups excluding carboxylic acids is 2. The van der Waals surface area contributed by atoms with Crippen molar-refractivity contribution in [2.45, 2.75) is 20.8 Å². The molecule has 1 aromatic rings. The van der Waals surface area contributed by atoms with Crippen molar-refractivity contribution in [3.8, 4) is 5.88 Å². The Labute approximate surface area is 111 Å². The van der Waals surface area contributed by atoms with Gasteiger partial charge in [0.25, 0.3) is 11.8 Å². The number of methoxy groups -OCH3 is 1. The number of nitrogens with one attached hydrogen (secondary N) is 1. The highest BCUT2D eigenvalue weighted by atomic mass is 16.5. The molecule has 1 N–H and O–H groups in total. The number of anilines is 1. The molecule has 6 nitrogen and oxygen atoms in total. The van der Waals surface area contributed by atoms with Gasteiger partial charge in [-0.3, -0.25) is 15.0 Å². The van der Waals surface area contributed by atoms with Gasteiger partial charge in [-0.1, -0.05) is 6.07 Å². The highest BCUT2D eigenvalue weighted by molar-refractivity contribution is 6.19. The molecule has 0 bridgehead atoms. The Balaban J connectivity index is 2.24. The molecule has 2 heterocycles. The van der Waals surface area contributed by atoms with E-state index in [0.29, 0.717) is 22.8 Å². The van der Waals surface area contributed by atoms with Crippen molar-refractivity contribution < 1.29 is 14.3 Å². The molecule has 0 saturated heterocycles. The maximum absolute atomic E-state index is 11.9. The molecule has 1 aliphatic heterocycles. The molecule has 0 unspecified atom stereocenters. The first-order chi connectivity index (χ1) is 8.95. The molecule has 0 radical (unpaired) electrons. The molecule has 1 aromatic heterocycles. The van der Waals surface area contributed by atoms with Crippen molar-refractivity contribution in [2.24, 2.45) is 0 Å². The summed E-state index contributed by atoms with van der Waals surface area (Å²) in [5.41, 5.74) is 4.46. The van der Waals surface area contributed by atoms with Crippen molar-refractivity contribution in [2.75, 3.05) is 12.5 Å². The normalized spacial score (nSPS) is 15.3. The Morgan fingerprint density at radius 3 is 2.21 bits per heavy atom. The zero-order chi connectivity index (χ0) is 14.2. The van der Waals surface area contributed by atoms with Gasteiger partial charge in [0, 0.05) is 16.7 Å². The molecule has 0 aliphatic carbocycles. The monoisotopic (exact) mass is 261 g/mol. The largest absolute Gasteiger partial charge is 0.481 e. The van der Waals surface area contributed by atoms with Crippen LogP contribution in [0.1, 0.15) is 19.4 Å². The Bertz CT molecular complexity index is 569. The van der Waals surface area contributed by atoms with Crippen LogP contribution in [-0.4, -0.2) is 28.9 Å². The quantitative estimate of drug-likeness (QED) is 0.833. The molecule has 0 saturated carbocycles. The predicted molar refractivity (Wildman–Crippen MR) is 69.4 cm³/mol. The van der Waals surface area contributed by atoms with E-state index < -0.39 is 0 Å². The predicted octanol–water partition coefficient (Wildman–Crippen LogP) is 1.43. The van der Waals surface area contributed by atoms with E-state index >= 15 is 0 Å². The van der Waals surface area contributed by atoms with Crippen molar-refractivity contribution >= 4 is 17.6 Å². The van der Waals surface area contributed by atoms with Crippen molar-refractivity contribution in [1.29, 1.82) is 0 Å². The second-order valence-corrected chi connectivity index (χ2v) is 4.33. The molecule has 0 spiro atoms. The van der Waals surface area contributed by atoms with Gasteiger partial charge in [-0.2, -0.15) is 9.99 Å². The van der Waals surface area contributed by atoms with E-state index in [1.807, 2.05) is 6.92 Å². The molecule has 100 valence electrons. The Morgan fingerprint density at radius 1 is 1.11 bits per heavy atom. The van der Waals surface area contributed by atoms with Gasteiger partial charge in [-0.25, -0.2) is 0 Å². The Morgan fingerprint density at radius 2 is 1.68 bits per heavy atom. The van der Waals surface area contributed by atoms with Crippen LogP contribution >= 0.6 is 0 Å². The molecule has 0 atom stereocenters. The van der Waals surface area contributed by atoms with Crippen LogP contribution in [0.2, 0.25) is 0 Å². The lowest BCUT2D eigenvalue weighted by Gasteiger charge is -2.17. The summed E-state index contributed by atoms with van der Waals surface area (Å²) in [6.07, 6.45) is 0. The van der Waals surface area contributed by atoms with Crippen LogP contribution in [0.25, 0.3) is 0 Å². The van der Waals surface area contributed by atoms with E-state index in [0.717, 1.165) is 10.6 Å². The number of imide groups is 1. The Hall–Kier alpha value is -2.37. The molecule has 2 rings (SSSR count). The summed E-state index contributed by atoms with van der Waals surface area (Å²) < 4.78 is 5.10. The molecule has 1 aliphatic rings. The molecular weight excluding hydrogens is 246 g/mol. The van der Waals surface area contributed by atoms with Gasteiger partial charge in [-0.05, 0) is 26.8 Å². The first kappa shape index (κ1) is 13.1. The fourth-order valence-electron chi connectivity index (χ4n) is 1.74. The lowest BCUT2D eigenvalue weighted by Crippen LogP contribution is -2.37. The van der Waals surface area contributed by atoms with Gasteiger partial charge >= 0.3 is 0 Å². The van der Waals surface area contributed by atoms with E-state index in [4.69, 9.17) is 4.74 Å². The van der Waals surface area contributed by atoms with E-state index in [1.54, 1.807) is 26.0 Å². The minimum atomic E-state index is -0.358. The molecular formula is C13H15N3O3. The average Bonchev–Trinajstić information content (AvgIpc) is 2.58. The first-order valence-electron chi connectivity index (χ1n) is 5.80. The average molecular weight is 261 g/mol. The lowest BCUT2D eigenvalue weighted by molar-refractivity contribution is -0.135. The summed E-state index contributed by atoms with van der Waals surface area (Å²) in [6.45, 7) is 5.11. The highest BCUT2D eigenvalue weighted by Gasteiger charge is 2.33. The summed E-state index contributed by atoms with van der Waals surface area (Å²) in [6, 6.07) is 3.48. The maximum atomic E-state index is 11.9. The Kier molecular flexibility index (Phi) is 3.25. The number of hydrogen-bond acceptors (Lipinski definition) is 5. The highest BCUT2D eigenvalue weighted by Crippen LogP contribution is 2.22. The minimum absolute atomic E-state index is 0.358. The lowest BCUT2D eigenvalue weighted by atomic mass is 10.2. The van der Waals surface area contributed by atoms with Crippen LogP contribution in [0.4, 0.5) is 5.82 Å².